The Morgan fingerprint density at radius 1 is 1.37 bits per heavy atom. The van der Waals surface area contributed by atoms with Crippen molar-refractivity contribution in [2.75, 3.05) is 26.1 Å². The largest absolute Gasteiger partial charge is 0.354 e. The number of rotatable bonds is 6. The van der Waals surface area contributed by atoms with E-state index < -0.39 is 6.29 Å². The number of methoxy groups -OCH3 is 2. The normalized spacial score (nSPS) is 10.3. The van der Waals surface area contributed by atoms with Gasteiger partial charge in [-0.3, -0.25) is 9.59 Å². The average Bonchev–Trinajstić information content (AvgIpc) is 2.39. The maximum absolute atomic E-state index is 11.9. The zero-order chi connectivity index (χ0) is 14.3. The van der Waals surface area contributed by atoms with E-state index in [1.54, 1.807) is 6.07 Å². The van der Waals surface area contributed by atoms with Crippen molar-refractivity contribution < 1.29 is 19.1 Å². The summed E-state index contributed by atoms with van der Waals surface area (Å²) in [5.41, 5.74) is 0.393. The Balaban J connectivity index is 2.64. The zero-order valence-corrected chi connectivity index (χ0v) is 11.1. The maximum atomic E-state index is 11.9. The molecule has 1 rings (SSSR count). The van der Waals surface area contributed by atoms with Crippen molar-refractivity contribution in [3.8, 4) is 0 Å². The molecule has 1 aromatic rings. The van der Waals surface area contributed by atoms with Crippen molar-refractivity contribution in [3.63, 3.8) is 0 Å². The number of nitrogens with zero attached hydrogens (tertiary/aromatic N) is 1. The van der Waals surface area contributed by atoms with Crippen molar-refractivity contribution in [1.29, 1.82) is 0 Å². The Morgan fingerprint density at radius 3 is 2.63 bits per heavy atom. The average molecular weight is 267 g/mol. The maximum Gasteiger partial charge on any atom is 0.251 e. The molecule has 104 valence electrons. The summed E-state index contributed by atoms with van der Waals surface area (Å²) in [5, 5.41) is 5.16. The molecule has 0 fully saturated rings. The number of aromatic nitrogens is 1. The number of hydrogen-bond donors (Lipinski definition) is 2. The Bertz CT molecular complexity index is 446. The van der Waals surface area contributed by atoms with Gasteiger partial charge in [-0.2, -0.15) is 0 Å². The number of pyridine rings is 1. The fraction of sp³-hybridized carbons (Fsp3) is 0.417. The fourth-order valence-electron chi connectivity index (χ4n) is 1.36. The van der Waals surface area contributed by atoms with E-state index in [1.165, 1.54) is 33.4 Å². The van der Waals surface area contributed by atoms with Crippen molar-refractivity contribution in [2.24, 2.45) is 0 Å². The third kappa shape index (κ3) is 5.02. The molecule has 0 spiro atoms. The Labute approximate surface area is 111 Å². The fourth-order valence-corrected chi connectivity index (χ4v) is 1.36. The highest BCUT2D eigenvalue weighted by Gasteiger charge is 2.10. The van der Waals surface area contributed by atoms with Gasteiger partial charge in [0.05, 0.1) is 6.54 Å². The molecule has 0 bridgehead atoms. The van der Waals surface area contributed by atoms with Crippen LogP contribution in [0.3, 0.4) is 0 Å². The number of carbonyl (C=O) groups excluding carboxylic acids is 2. The molecule has 2 amide bonds. The molecule has 0 aromatic carbocycles. The first-order valence-corrected chi connectivity index (χ1v) is 5.64. The lowest BCUT2D eigenvalue weighted by molar-refractivity contribution is -0.114. The number of hydrogen-bond acceptors (Lipinski definition) is 5. The molecule has 0 radical (unpaired) electrons. The molecular formula is C12H17N3O4. The van der Waals surface area contributed by atoms with Crippen LogP contribution in [0, 0.1) is 0 Å². The van der Waals surface area contributed by atoms with Crippen LogP contribution >= 0.6 is 0 Å². The van der Waals surface area contributed by atoms with E-state index in [0.717, 1.165) is 0 Å². The minimum Gasteiger partial charge on any atom is -0.354 e. The predicted molar refractivity (Wildman–Crippen MR) is 68.7 cm³/mol. The van der Waals surface area contributed by atoms with Gasteiger partial charge in [0, 0.05) is 32.9 Å². The summed E-state index contributed by atoms with van der Waals surface area (Å²) in [7, 11) is 2.98. The first-order chi connectivity index (χ1) is 9.06. The van der Waals surface area contributed by atoms with Gasteiger partial charge in [0.2, 0.25) is 5.91 Å². The van der Waals surface area contributed by atoms with Crippen LogP contribution in [0.25, 0.3) is 0 Å². The highest BCUT2D eigenvalue weighted by Crippen LogP contribution is 2.06. The summed E-state index contributed by atoms with van der Waals surface area (Å²) in [5.74, 6) is -0.216. The van der Waals surface area contributed by atoms with Gasteiger partial charge < -0.3 is 20.1 Å². The minimum absolute atomic E-state index is 0.226. The highest BCUT2D eigenvalue weighted by molar-refractivity contribution is 5.96. The molecule has 0 aliphatic heterocycles. The first-order valence-electron chi connectivity index (χ1n) is 5.64. The molecule has 0 atom stereocenters. The van der Waals surface area contributed by atoms with Gasteiger partial charge in [-0.1, -0.05) is 0 Å². The summed E-state index contributed by atoms with van der Waals surface area (Å²) in [6.07, 6.45) is 0.949. The van der Waals surface area contributed by atoms with E-state index in [2.05, 4.69) is 15.6 Å². The minimum atomic E-state index is -0.499. The molecular weight excluding hydrogens is 250 g/mol. The Morgan fingerprint density at radius 2 is 2.05 bits per heavy atom. The van der Waals surface area contributed by atoms with E-state index >= 15 is 0 Å². The van der Waals surface area contributed by atoms with Crippen LogP contribution in [0.4, 0.5) is 5.82 Å². The van der Waals surface area contributed by atoms with Gasteiger partial charge in [0.1, 0.15) is 5.82 Å². The van der Waals surface area contributed by atoms with Crippen LogP contribution in [0.5, 0.6) is 0 Å². The van der Waals surface area contributed by atoms with Crippen LogP contribution < -0.4 is 10.6 Å². The third-order valence-corrected chi connectivity index (χ3v) is 2.28. The summed E-state index contributed by atoms with van der Waals surface area (Å²) in [6.45, 7) is 1.60. The zero-order valence-electron chi connectivity index (χ0n) is 11.1. The number of amides is 2. The van der Waals surface area contributed by atoms with E-state index in [4.69, 9.17) is 9.47 Å². The van der Waals surface area contributed by atoms with Gasteiger partial charge in [-0.15, -0.1) is 0 Å². The van der Waals surface area contributed by atoms with Crippen molar-refractivity contribution in [1.82, 2.24) is 10.3 Å². The molecule has 0 saturated heterocycles. The third-order valence-electron chi connectivity index (χ3n) is 2.28. The number of ether oxygens (including phenoxy) is 2. The Kier molecular flexibility index (Phi) is 5.91. The molecule has 0 unspecified atom stereocenters. The van der Waals surface area contributed by atoms with Crippen LogP contribution in [0.15, 0.2) is 18.3 Å². The molecule has 0 saturated carbocycles. The molecule has 0 aliphatic rings. The summed E-state index contributed by atoms with van der Waals surface area (Å²) in [6, 6.07) is 3.04. The Hall–Kier alpha value is -1.99. The molecule has 1 heterocycles. The van der Waals surface area contributed by atoms with Gasteiger partial charge in [0.25, 0.3) is 5.91 Å². The van der Waals surface area contributed by atoms with E-state index in [1.807, 2.05) is 0 Å². The molecule has 2 N–H and O–H groups in total. The standard InChI is InChI=1S/C12H17N3O4/c1-8(16)15-10-6-9(4-5-13-10)12(17)14-7-11(18-2)19-3/h4-6,11H,7H2,1-3H3,(H,14,17)(H,13,15,16). The van der Waals surface area contributed by atoms with E-state index in [-0.39, 0.29) is 18.4 Å². The first kappa shape index (κ1) is 15.1. The molecule has 7 nitrogen and oxygen atoms in total. The molecule has 1 aromatic heterocycles. The van der Waals surface area contributed by atoms with E-state index in [0.29, 0.717) is 11.4 Å². The van der Waals surface area contributed by atoms with Crippen LogP contribution in [-0.2, 0) is 14.3 Å². The van der Waals surface area contributed by atoms with Crippen molar-refractivity contribution in [2.45, 2.75) is 13.2 Å². The quantitative estimate of drug-likeness (QED) is 0.728. The van der Waals surface area contributed by atoms with Crippen molar-refractivity contribution in [3.05, 3.63) is 23.9 Å². The summed E-state index contributed by atoms with van der Waals surface area (Å²) < 4.78 is 9.91. The van der Waals surface area contributed by atoms with Gasteiger partial charge in [0.15, 0.2) is 6.29 Å². The van der Waals surface area contributed by atoms with Crippen LogP contribution in [-0.4, -0.2) is 43.9 Å². The second-order valence-electron chi connectivity index (χ2n) is 3.72. The van der Waals surface area contributed by atoms with Gasteiger partial charge in [-0.25, -0.2) is 4.98 Å². The predicted octanol–water partition coefficient (Wildman–Crippen LogP) is 0.389. The topological polar surface area (TPSA) is 89.5 Å². The second-order valence-corrected chi connectivity index (χ2v) is 3.72. The summed E-state index contributed by atoms with van der Waals surface area (Å²) in [4.78, 5) is 26.7. The lowest BCUT2D eigenvalue weighted by atomic mass is 10.2. The van der Waals surface area contributed by atoms with Gasteiger partial charge in [-0.05, 0) is 12.1 Å². The van der Waals surface area contributed by atoms with E-state index in [9.17, 15) is 9.59 Å². The highest BCUT2D eigenvalue weighted by atomic mass is 16.7. The molecule has 7 heteroatoms. The number of carbonyl (C=O) groups is 2. The number of nitrogens with one attached hydrogen (secondary N) is 2. The second kappa shape index (κ2) is 7.45. The van der Waals surface area contributed by atoms with Crippen LogP contribution in [0.2, 0.25) is 0 Å². The lowest BCUT2D eigenvalue weighted by Gasteiger charge is -2.14. The van der Waals surface area contributed by atoms with Crippen LogP contribution in [0.1, 0.15) is 17.3 Å². The molecule has 0 aliphatic carbocycles. The molecule has 19 heavy (non-hydrogen) atoms. The number of anilines is 1. The van der Waals surface area contributed by atoms with Gasteiger partial charge >= 0.3 is 0 Å². The monoisotopic (exact) mass is 267 g/mol. The van der Waals surface area contributed by atoms with Crippen molar-refractivity contribution >= 4 is 17.6 Å². The SMILES string of the molecule is COC(CNC(=O)c1ccnc(NC(C)=O)c1)OC. The summed E-state index contributed by atoms with van der Waals surface area (Å²) >= 11 is 0. The lowest BCUT2D eigenvalue weighted by Crippen LogP contribution is -2.34. The smallest absolute Gasteiger partial charge is 0.251 e.